The maximum absolute atomic E-state index is 14.2. The number of amidine groups is 1. The van der Waals surface area contributed by atoms with E-state index >= 15 is 0 Å². The van der Waals surface area contributed by atoms with Crippen LogP contribution in [-0.2, 0) is 10.3 Å². The number of ether oxygens (including phenoxy) is 1. The Hall–Kier alpha value is -2.81. The lowest BCUT2D eigenvalue weighted by molar-refractivity contribution is 0.102. The first kappa shape index (κ1) is 20.5. The molecule has 1 saturated carbocycles. The average molecular weight is 439 g/mol. The lowest BCUT2D eigenvalue weighted by Crippen LogP contribution is -2.39. The molecule has 0 bridgehead atoms. The van der Waals surface area contributed by atoms with Gasteiger partial charge in [0.05, 0.1) is 0 Å². The molecular weight excluding hydrogens is 421 g/mol. The largest absolute Gasteiger partial charge is 0.462 e. The van der Waals surface area contributed by atoms with Gasteiger partial charge in [-0.25, -0.2) is 18.2 Å². The highest BCUT2D eigenvalue weighted by atomic mass is 35.5. The first-order valence-electron chi connectivity index (χ1n) is 9.19. The smallest absolute Gasteiger partial charge is 0.283 e. The normalized spacial score (nSPS) is 24.7. The molecule has 1 aromatic carbocycles. The number of benzene rings is 1. The molecule has 0 saturated heterocycles. The number of halogens is 4. The fourth-order valence-electron chi connectivity index (χ4n) is 3.81. The Morgan fingerprint density at radius 2 is 2.20 bits per heavy atom. The van der Waals surface area contributed by atoms with Crippen molar-refractivity contribution in [2.24, 2.45) is 16.6 Å². The molecule has 1 amide bonds. The van der Waals surface area contributed by atoms with E-state index in [-0.39, 0.29) is 34.3 Å². The van der Waals surface area contributed by atoms with Crippen LogP contribution in [0.3, 0.4) is 0 Å². The van der Waals surface area contributed by atoms with Crippen LogP contribution in [-0.4, -0.2) is 29.7 Å². The van der Waals surface area contributed by atoms with E-state index in [9.17, 15) is 18.0 Å². The summed E-state index contributed by atoms with van der Waals surface area (Å²) in [7, 11) is 0. The Bertz CT molecular complexity index is 1050. The van der Waals surface area contributed by atoms with Crippen molar-refractivity contribution >= 4 is 29.2 Å². The number of hydrogen-bond donors (Lipinski definition) is 2. The summed E-state index contributed by atoms with van der Waals surface area (Å²) in [5, 5.41) is 2.94. The summed E-state index contributed by atoms with van der Waals surface area (Å²) < 4.78 is 45.2. The van der Waals surface area contributed by atoms with E-state index in [4.69, 9.17) is 22.1 Å². The third kappa shape index (κ3) is 3.47. The van der Waals surface area contributed by atoms with Gasteiger partial charge < -0.3 is 15.8 Å². The number of aromatic nitrogens is 1. The molecule has 3 N–H and O–H groups in total. The average Bonchev–Trinajstić information content (AvgIpc) is 3.48. The number of anilines is 1. The predicted molar refractivity (Wildman–Crippen MR) is 106 cm³/mol. The van der Waals surface area contributed by atoms with Crippen LogP contribution in [0.25, 0.3) is 0 Å². The van der Waals surface area contributed by atoms with Gasteiger partial charge in [-0.2, -0.15) is 0 Å². The van der Waals surface area contributed by atoms with E-state index < -0.39 is 24.5 Å². The number of rotatable bonds is 5. The second-order valence-electron chi connectivity index (χ2n) is 7.39. The number of amides is 1. The van der Waals surface area contributed by atoms with Crippen LogP contribution < -0.4 is 11.1 Å². The van der Waals surface area contributed by atoms with Crippen LogP contribution in [0.1, 0.15) is 40.0 Å². The fraction of sp³-hybridized carbons (Fsp3) is 0.350. The number of nitrogens with one attached hydrogen (secondary N) is 1. The summed E-state index contributed by atoms with van der Waals surface area (Å²) in [4.78, 5) is 20.7. The summed E-state index contributed by atoms with van der Waals surface area (Å²) in [6.07, 6.45) is -1.33. The van der Waals surface area contributed by atoms with E-state index in [1.165, 1.54) is 19.1 Å². The Balaban J connectivity index is 1.64. The SMILES string of the molecule is Cc1cc(C(F)F)cnc1C(=O)Nc1ccc(Cl)c([C@@]2(CF)N=C(N)O[C@@H]3C[C@@H]32)c1. The predicted octanol–water partition coefficient (Wildman–Crippen LogP) is 4.13. The third-order valence-electron chi connectivity index (χ3n) is 5.39. The van der Waals surface area contributed by atoms with Crippen LogP contribution in [0.2, 0.25) is 5.02 Å². The minimum absolute atomic E-state index is 0.00620. The molecule has 0 radical (unpaired) electrons. The second kappa shape index (κ2) is 7.46. The number of nitrogens with zero attached hydrogens (tertiary/aromatic N) is 2. The van der Waals surface area contributed by atoms with Gasteiger partial charge in [0.1, 0.15) is 24.0 Å². The highest BCUT2D eigenvalue weighted by Crippen LogP contribution is 2.54. The molecule has 0 unspecified atom stereocenters. The van der Waals surface area contributed by atoms with Crippen LogP contribution in [0, 0.1) is 12.8 Å². The van der Waals surface area contributed by atoms with E-state index in [1.807, 2.05) is 0 Å². The van der Waals surface area contributed by atoms with Gasteiger partial charge in [-0.05, 0) is 43.2 Å². The maximum atomic E-state index is 14.2. The second-order valence-corrected chi connectivity index (χ2v) is 7.80. The quantitative estimate of drug-likeness (QED) is 0.734. The van der Waals surface area contributed by atoms with E-state index in [2.05, 4.69) is 15.3 Å². The molecule has 1 fully saturated rings. The lowest BCUT2D eigenvalue weighted by Gasteiger charge is -2.32. The molecule has 10 heteroatoms. The summed E-state index contributed by atoms with van der Waals surface area (Å²) in [6, 6.07) is 5.74. The lowest BCUT2D eigenvalue weighted by atomic mass is 9.85. The monoisotopic (exact) mass is 438 g/mol. The zero-order valence-electron chi connectivity index (χ0n) is 15.8. The van der Waals surface area contributed by atoms with Crippen LogP contribution in [0.5, 0.6) is 0 Å². The van der Waals surface area contributed by atoms with Gasteiger partial charge in [-0.3, -0.25) is 9.78 Å². The molecule has 0 spiro atoms. The minimum atomic E-state index is -2.68. The topological polar surface area (TPSA) is 89.6 Å². The number of aryl methyl sites for hydroxylation is 1. The van der Waals surface area contributed by atoms with Gasteiger partial charge in [0.2, 0.25) is 0 Å². The van der Waals surface area contributed by atoms with Crippen molar-refractivity contribution in [3.8, 4) is 0 Å². The van der Waals surface area contributed by atoms with Crippen LogP contribution in [0.4, 0.5) is 18.9 Å². The van der Waals surface area contributed by atoms with Gasteiger partial charge >= 0.3 is 0 Å². The Kier molecular flexibility index (Phi) is 5.09. The molecule has 2 aromatic rings. The highest BCUT2D eigenvalue weighted by molar-refractivity contribution is 6.31. The first-order chi connectivity index (χ1) is 14.2. The Labute approximate surface area is 175 Å². The standard InChI is InChI=1S/C20H18ClF3N4O2/c1-9-4-10(17(23)24)7-26-16(9)18(29)27-11-2-3-14(21)12(5-11)20(8-22)13-6-15(13)30-19(25)28-20/h2-5,7,13,15,17H,6,8H2,1H3,(H2,25,28)(H,27,29)/t13-,15+,20+/m0/s1. The highest BCUT2D eigenvalue weighted by Gasteiger charge is 2.59. The van der Waals surface area contributed by atoms with Crippen molar-refractivity contribution in [2.75, 3.05) is 12.0 Å². The molecular formula is C20H18ClF3N4O2. The number of fused-ring (bicyclic) bond motifs is 1. The third-order valence-corrected chi connectivity index (χ3v) is 5.72. The molecule has 1 aliphatic carbocycles. The molecule has 6 nitrogen and oxygen atoms in total. The number of carbonyl (C=O) groups excluding carboxylic acids is 1. The van der Waals surface area contributed by atoms with Gasteiger partial charge in [0.15, 0.2) is 0 Å². The van der Waals surface area contributed by atoms with Gasteiger partial charge in [0.25, 0.3) is 18.4 Å². The number of alkyl halides is 3. The molecule has 4 rings (SSSR count). The Morgan fingerprint density at radius 3 is 2.87 bits per heavy atom. The summed E-state index contributed by atoms with van der Waals surface area (Å²) in [6.45, 7) is 0.691. The van der Waals surface area contributed by atoms with Crippen molar-refractivity contribution in [1.29, 1.82) is 0 Å². The van der Waals surface area contributed by atoms with E-state index in [0.717, 1.165) is 6.20 Å². The van der Waals surface area contributed by atoms with Gasteiger partial charge in [0, 0.05) is 34.0 Å². The number of pyridine rings is 1. The first-order valence-corrected chi connectivity index (χ1v) is 9.57. The van der Waals surface area contributed by atoms with Crippen molar-refractivity contribution in [2.45, 2.75) is 31.4 Å². The molecule has 1 aliphatic heterocycles. The molecule has 30 heavy (non-hydrogen) atoms. The molecule has 2 aliphatic rings. The number of hydrogen-bond acceptors (Lipinski definition) is 5. The minimum Gasteiger partial charge on any atom is -0.462 e. The van der Waals surface area contributed by atoms with Gasteiger partial charge in [-0.1, -0.05) is 11.6 Å². The molecule has 1 aromatic heterocycles. The van der Waals surface area contributed by atoms with Crippen molar-refractivity contribution < 1.29 is 22.7 Å². The zero-order valence-corrected chi connectivity index (χ0v) is 16.6. The summed E-state index contributed by atoms with van der Waals surface area (Å²) in [5.41, 5.74) is 5.22. The zero-order chi connectivity index (χ0) is 21.6. The summed E-state index contributed by atoms with van der Waals surface area (Å²) >= 11 is 6.34. The number of aliphatic imine (C=N–C) groups is 1. The summed E-state index contributed by atoms with van der Waals surface area (Å²) in [5.74, 6) is -0.792. The Morgan fingerprint density at radius 1 is 1.43 bits per heavy atom. The number of carbonyl (C=O) groups is 1. The molecule has 2 heterocycles. The van der Waals surface area contributed by atoms with Crippen LogP contribution in [0.15, 0.2) is 35.5 Å². The fourth-order valence-corrected chi connectivity index (χ4v) is 4.09. The van der Waals surface area contributed by atoms with E-state index in [1.54, 1.807) is 12.1 Å². The van der Waals surface area contributed by atoms with Crippen molar-refractivity contribution in [3.63, 3.8) is 0 Å². The van der Waals surface area contributed by atoms with E-state index in [0.29, 0.717) is 23.2 Å². The molecule has 3 atom stereocenters. The van der Waals surface area contributed by atoms with Crippen LogP contribution >= 0.6 is 11.6 Å². The molecule has 158 valence electrons. The maximum Gasteiger partial charge on any atom is 0.283 e. The van der Waals surface area contributed by atoms with Gasteiger partial charge in [-0.15, -0.1) is 0 Å². The van der Waals surface area contributed by atoms with Crippen molar-refractivity contribution in [3.05, 3.63) is 57.9 Å². The van der Waals surface area contributed by atoms with Crippen molar-refractivity contribution in [1.82, 2.24) is 4.98 Å². The number of nitrogens with two attached hydrogens (primary N) is 1.